The average Bonchev–Trinajstić information content (AvgIpc) is 2.37. The Bertz CT molecular complexity index is 465. The van der Waals surface area contributed by atoms with Gasteiger partial charge in [-0.1, -0.05) is 46.9 Å². The molecular weight excluding hydrogens is 307 g/mol. The molecule has 1 aromatic rings. The van der Waals surface area contributed by atoms with Gasteiger partial charge in [-0.15, -0.1) is 0 Å². The van der Waals surface area contributed by atoms with E-state index in [1.807, 2.05) is 6.07 Å². The van der Waals surface area contributed by atoms with Crippen molar-refractivity contribution in [2.45, 2.75) is 10.7 Å². The van der Waals surface area contributed by atoms with Crippen LogP contribution in [0.3, 0.4) is 0 Å². The third-order valence-corrected chi connectivity index (χ3v) is 3.66. The Morgan fingerprint density at radius 2 is 1.79 bits per heavy atom. The van der Waals surface area contributed by atoms with Gasteiger partial charge in [-0.2, -0.15) is 0 Å². The second-order valence-corrected chi connectivity index (χ2v) is 6.90. The predicted molar refractivity (Wildman–Crippen MR) is 80.3 cm³/mol. The molecule has 1 aliphatic heterocycles. The number of aryl methyl sites for hydroxylation is 1. The van der Waals surface area contributed by atoms with E-state index in [0.29, 0.717) is 13.1 Å². The van der Waals surface area contributed by atoms with Gasteiger partial charge in [0.25, 0.3) is 9.70 Å². The standard InChI is InChI=1S/C13H15Cl3N2O/c1-10-3-2-4-11(9-10)17-5-7-18(8-6-17)12(19)13(14,15)16/h2-4,9H,5-8H2,1H3. The van der Waals surface area contributed by atoms with Crippen LogP contribution in [0.15, 0.2) is 24.3 Å². The van der Waals surface area contributed by atoms with E-state index in [-0.39, 0.29) is 0 Å². The molecule has 1 heterocycles. The van der Waals surface area contributed by atoms with Crippen molar-refractivity contribution in [3.05, 3.63) is 29.8 Å². The van der Waals surface area contributed by atoms with Crippen LogP contribution in [-0.4, -0.2) is 40.8 Å². The van der Waals surface area contributed by atoms with E-state index in [9.17, 15) is 4.79 Å². The van der Waals surface area contributed by atoms with Crippen LogP contribution in [0, 0.1) is 6.92 Å². The maximum absolute atomic E-state index is 11.8. The van der Waals surface area contributed by atoms with E-state index in [2.05, 4.69) is 30.0 Å². The summed E-state index contributed by atoms with van der Waals surface area (Å²) >= 11 is 16.9. The van der Waals surface area contributed by atoms with Gasteiger partial charge in [0.2, 0.25) is 0 Å². The van der Waals surface area contributed by atoms with Crippen LogP contribution in [0.25, 0.3) is 0 Å². The molecule has 1 aliphatic rings. The lowest BCUT2D eigenvalue weighted by atomic mass is 10.2. The summed E-state index contributed by atoms with van der Waals surface area (Å²) < 4.78 is -1.86. The van der Waals surface area contributed by atoms with E-state index >= 15 is 0 Å². The molecule has 0 radical (unpaired) electrons. The van der Waals surface area contributed by atoms with Gasteiger partial charge in [-0.3, -0.25) is 4.79 Å². The highest BCUT2D eigenvalue weighted by Gasteiger charge is 2.36. The molecule has 1 aromatic carbocycles. The molecule has 0 unspecified atom stereocenters. The smallest absolute Gasteiger partial charge is 0.274 e. The van der Waals surface area contributed by atoms with Crippen LogP contribution in [0.2, 0.25) is 0 Å². The van der Waals surface area contributed by atoms with Gasteiger partial charge in [-0.25, -0.2) is 0 Å². The summed E-state index contributed by atoms with van der Waals surface area (Å²) in [5.41, 5.74) is 2.39. The molecule has 1 saturated heterocycles. The summed E-state index contributed by atoms with van der Waals surface area (Å²) in [6, 6.07) is 8.29. The minimum Gasteiger partial charge on any atom is -0.368 e. The molecule has 0 bridgehead atoms. The van der Waals surface area contributed by atoms with Crippen molar-refractivity contribution < 1.29 is 4.79 Å². The second kappa shape index (κ2) is 5.78. The summed E-state index contributed by atoms with van der Waals surface area (Å²) in [4.78, 5) is 15.7. The van der Waals surface area contributed by atoms with Crippen LogP contribution >= 0.6 is 34.8 Å². The van der Waals surface area contributed by atoms with Gasteiger partial charge >= 0.3 is 0 Å². The fraction of sp³-hybridized carbons (Fsp3) is 0.462. The van der Waals surface area contributed by atoms with Crippen molar-refractivity contribution in [3.63, 3.8) is 0 Å². The highest BCUT2D eigenvalue weighted by molar-refractivity contribution is 6.76. The number of rotatable bonds is 1. The van der Waals surface area contributed by atoms with Gasteiger partial charge in [-0.05, 0) is 24.6 Å². The number of piperazine rings is 1. The Morgan fingerprint density at radius 3 is 2.32 bits per heavy atom. The summed E-state index contributed by atoms with van der Waals surface area (Å²) in [5, 5.41) is 0. The topological polar surface area (TPSA) is 23.6 Å². The van der Waals surface area contributed by atoms with E-state index in [1.165, 1.54) is 11.3 Å². The first-order chi connectivity index (χ1) is 8.88. The molecule has 0 atom stereocenters. The zero-order valence-electron chi connectivity index (χ0n) is 10.6. The van der Waals surface area contributed by atoms with Crippen LogP contribution < -0.4 is 4.90 Å². The van der Waals surface area contributed by atoms with Crippen molar-refractivity contribution in [1.29, 1.82) is 0 Å². The van der Waals surface area contributed by atoms with Crippen molar-refractivity contribution in [2.24, 2.45) is 0 Å². The molecule has 0 aliphatic carbocycles. The predicted octanol–water partition coefficient (Wildman–Crippen LogP) is 3.01. The van der Waals surface area contributed by atoms with Gasteiger partial charge in [0.15, 0.2) is 0 Å². The molecule has 19 heavy (non-hydrogen) atoms. The number of nitrogens with zero attached hydrogens (tertiary/aromatic N) is 2. The van der Waals surface area contributed by atoms with Crippen molar-refractivity contribution in [2.75, 3.05) is 31.1 Å². The molecule has 0 spiro atoms. The molecule has 1 amide bonds. The Kier molecular flexibility index (Phi) is 4.49. The lowest BCUT2D eigenvalue weighted by molar-refractivity contribution is -0.130. The number of anilines is 1. The van der Waals surface area contributed by atoms with Gasteiger partial charge < -0.3 is 9.80 Å². The van der Waals surface area contributed by atoms with Crippen LogP contribution in [0.5, 0.6) is 0 Å². The number of hydrogen-bond donors (Lipinski definition) is 0. The van der Waals surface area contributed by atoms with Crippen molar-refractivity contribution in [3.8, 4) is 0 Å². The lowest BCUT2D eigenvalue weighted by Gasteiger charge is -2.37. The molecule has 3 nitrogen and oxygen atoms in total. The quantitative estimate of drug-likeness (QED) is 0.742. The summed E-state index contributed by atoms with van der Waals surface area (Å²) in [6.07, 6.45) is 0. The number of benzene rings is 1. The summed E-state index contributed by atoms with van der Waals surface area (Å²) in [6.45, 7) is 4.69. The first kappa shape index (κ1) is 14.8. The Morgan fingerprint density at radius 1 is 1.16 bits per heavy atom. The summed E-state index contributed by atoms with van der Waals surface area (Å²) in [5.74, 6) is -0.443. The van der Waals surface area contributed by atoms with E-state index < -0.39 is 9.70 Å². The number of alkyl halides is 3. The number of carbonyl (C=O) groups is 1. The Balaban J connectivity index is 1.98. The highest BCUT2D eigenvalue weighted by atomic mass is 35.6. The SMILES string of the molecule is Cc1cccc(N2CCN(C(=O)C(Cl)(Cl)Cl)CC2)c1. The van der Waals surface area contributed by atoms with Crippen molar-refractivity contribution >= 4 is 46.4 Å². The fourth-order valence-corrected chi connectivity index (χ4v) is 2.53. The van der Waals surface area contributed by atoms with Gasteiger partial charge in [0, 0.05) is 31.9 Å². The van der Waals surface area contributed by atoms with Gasteiger partial charge in [0.1, 0.15) is 0 Å². The molecule has 0 saturated carbocycles. The van der Waals surface area contributed by atoms with E-state index in [0.717, 1.165) is 13.1 Å². The number of hydrogen-bond acceptors (Lipinski definition) is 2. The molecule has 0 N–H and O–H groups in total. The third-order valence-electron chi connectivity index (χ3n) is 3.18. The Hall–Kier alpha value is -0.640. The second-order valence-electron chi connectivity index (χ2n) is 4.62. The van der Waals surface area contributed by atoms with Crippen LogP contribution in [0.1, 0.15) is 5.56 Å². The average molecular weight is 322 g/mol. The highest BCUT2D eigenvalue weighted by Crippen LogP contribution is 2.29. The molecule has 104 valence electrons. The minimum atomic E-state index is -1.86. The maximum atomic E-state index is 11.8. The third kappa shape index (κ3) is 3.68. The summed E-state index contributed by atoms with van der Waals surface area (Å²) in [7, 11) is 0. The normalized spacial score (nSPS) is 16.6. The monoisotopic (exact) mass is 320 g/mol. The Labute approximate surface area is 128 Å². The number of amides is 1. The molecule has 0 aromatic heterocycles. The largest absolute Gasteiger partial charge is 0.368 e. The van der Waals surface area contributed by atoms with Crippen LogP contribution in [0.4, 0.5) is 5.69 Å². The first-order valence-corrected chi connectivity index (χ1v) is 7.19. The fourth-order valence-electron chi connectivity index (χ4n) is 2.17. The maximum Gasteiger partial charge on any atom is 0.274 e. The first-order valence-electron chi connectivity index (χ1n) is 6.05. The minimum absolute atomic E-state index is 0.443. The molecule has 2 rings (SSSR count). The molecular formula is C13H15Cl3N2O. The molecule has 1 fully saturated rings. The molecule has 6 heteroatoms. The van der Waals surface area contributed by atoms with Gasteiger partial charge in [0.05, 0.1) is 0 Å². The van der Waals surface area contributed by atoms with E-state index in [4.69, 9.17) is 34.8 Å². The van der Waals surface area contributed by atoms with E-state index in [1.54, 1.807) is 4.90 Å². The van der Waals surface area contributed by atoms with Crippen LogP contribution in [-0.2, 0) is 4.79 Å². The number of carbonyl (C=O) groups excluding carboxylic acids is 1. The zero-order chi connectivity index (χ0) is 14.0. The number of halogens is 3. The van der Waals surface area contributed by atoms with Crippen molar-refractivity contribution in [1.82, 2.24) is 4.90 Å². The zero-order valence-corrected chi connectivity index (χ0v) is 12.8. The lowest BCUT2D eigenvalue weighted by Crippen LogP contribution is -2.51.